The van der Waals surface area contributed by atoms with Gasteiger partial charge in [-0.05, 0) is 82.4 Å². The van der Waals surface area contributed by atoms with Crippen LogP contribution in [-0.4, -0.2) is 38.1 Å². The molecule has 1 N–H and O–H groups in total. The topological polar surface area (TPSA) is 107 Å². The number of rotatable bonds is 43. The van der Waals surface area contributed by atoms with Crippen molar-refractivity contribution in [2.45, 2.75) is 250 Å². The molecule has 0 heterocycles. The highest BCUT2D eigenvalue weighted by molar-refractivity contribution is 7.85. The van der Waals surface area contributed by atoms with Crippen molar-refractivity contribution in [2.75, 3.05) is 13.2 Å². The van der Waals surface area contributed by atoms with E-state index in [9.17, 15) is 22.6 Å². The van der Waals surface area contributed by atoms with E-state index in [2.05, 4.69) is 38.2 Å². The molecule has 1 aromatic rings. The van der Waals surface area contributed by atoms with Gasteiger partial charge in [-0.15, -0.1) is 0 Å². The van der Waals surface area contributed by atoms with Crippen LogP contribution >= 0.6 is 0 Å². The molecule has 60 heavy (non-hydrogen) atoms. The van der Waals surface area contributed by atoms with Crippen LogP contribution in [0.25, 0.3) is 0 Å². The molecule has 0 aliphatic carbocycles. The highest BCUT2D eigenvalue weighted by atomic mass is 32.2. The molecule has 0 saturated carbocycles. The third-order valence-electron chi connectivity index (χ3n) is 11.5. The number of esters is 2. The summed E-state index contributed by atoms with van der Waals surface area (Å²) in [7, 11) is -4.57. The molecule has 0 aliphatic rings. The number of carbonyl (C=O) groups is 2. The second-order valence-electron chi connectivity index (χ2n) is 17.2. The summed E-state index contributed by atoms with van der Waals surface area (Å²) in [4.78, 5) is 25.5. The molecular formula is C52H90O7S. The van der Waals surface area contributed by atoms with Crippen molar-refractivity contribution in [1.29, 1.82) is 0 Å². The summed E-state index contributed by atoms with van der Waals surface area (Å²) in [6.45, 7) is 4.92. The van der Waals surface area contributed by atoms with Crippen LogP contribution < -0.4 is 0 Å². The molecule has 0 fully saturated rings. The second kappa shape index (κ2) is 40.6. The SMILES string of the molecule is CCCCCCC/C=C/CCCCCCCCCCCCCOC(=O)c1ccc(S(=O)(=O)O)cc1C(=O)OCCCCCCCCCCCCC/C=C/CCCCCCC. The minimum absolute atomic E-state index is 0.0580. The molecule has 0 amide bonds. The number of allylic oxidation sites excluding steroid dienone is 4. The summed E-state index contributed by atoms with van der Waals surface area (Å²) in [6.07, 6.45) is 53.8. The molecule has 0 bridgehead atoms. The Morgan fingerprint density at radius 2 is 0.717 bits per heavy atom. The summed E-state index contributed by atoms with van der Waals surface area (Å²) < 4.78 is 44.1. The van der Waals surface area contributed by atoms with Crippen molar-refractivity contribution in [3.8, 4) is 0 Å². The highest BCUT2D eigenvalue weighted by Crippen LogP contribution is 2.20. The fraction of sp³-hybridized carbons (Fsp3) is 0.769. The van der Waals surface area contributed by atoms with Gasteiger partial charge in [0.15, 0.2) is 0 Å². The standard InChI is InChI=1S/C52H90O7S/c1-3-5-7-9-11-13-15-17-19-21-23-25-27-29-31-33-35-37-39-41-45-58-51(53)49-44-43-48(60(55,56)57)47-50(49)52(54)59-46-42-40-38-36-34-32-30-28-26-24-22-20-18-16-14-12-10-8-6-4-2/h15-18,43-44,47H,3-14,19-42,45-46H2,1-2H3,(H,55,56,57)/b17-15+,18-16+. The van der Waals surface area contributed by atoms with Gasteiger partial charge in [0.2, 0.25) is 0 Å². The first kappa shape index (κ1) is 55.6. The average Bonchev–Trinajstić information content (AvgIpc) is 3.24. The monoisotopic (exact) mass is 859 g/mol. The van der Waals surface area contributed by atoms with E-state index < -0.39 is 27.0 Å². The first-order valence-electron chi connectivity index (χ1n) is 25.1. The first-order valence-corrected chi connectivity index (χ1v) is 26.5. The zero-order chi connectivity index (χ0) is 43.6. The van der Waals surface area contributed by atoms with E-state index in [1.807, 2.05) is 0 Å². The van der Waals surface area contributed by atoms with Crippen LogP contribution in [0, 0.1) is 0 Å². The fourth-order valence-corrected chi connectivity index (χ4v) is 8.14. The molecule has 346 valence electrons. The lowest BCUT2D eigenvalue weighted by atomic mass is 10.0. The van der Waals surface area contributed by atoms with E-state index in [-0.39, 0.29) is 24.3 Å². The van der Waals surface area contributed by atoms with Crippen LogP contribution in [0.15, 0.2) is 47.4 Å². The zero-order valence-corrected chi connectivity index (χ0v) is 39.5. The molecule has 0 unspecified atom stereocenters. The Morgan fingerprint density at radius 3 is 1.03 bits per heavy atom. The summed E-state index contributed by atoms with van der Waals surface area (Å²) in [5.74, 6) is -1.49. The number of benzene rings is 1. The van der Waals surface area contributed by atoms with Gasteiger partial charge in [-0.2, -0.15) is 8.42 Å². The third-order valence-corrected chi connectivity index (χ3v) is 12.4. The largest absolute Gasteiger partial charge is 0.462 e. The quantitative estimate of drug-likeness (QED) is 0.0302. The van der Waals surface area contributed by atoms with Gasteiger partial charge in [-0.25, -0.2) is 9.59 Å². The molecular weight excluding hydrogens is 769 g/mol. The van der Waals surface area contributed by atoms with E-state index in [4.69, 9.17) is 9.47 Å². The average molecular weight is 859 g/mol. The molecule has 0 aromatic heterocycles. The molecule has 1 rings (SSSR count). The second-order valence-corrected chi connectivity index (χ2v) is 18.6. The van der Waals surface area contributed by atoms with Gasteiger partial charge < -0.3 is 9.47 Å². The minimum Gasteiger partial charge on any atom is -0.462 e. The molecule has 0 saturated heterocycles. The minimum atomic E-state index is -4.57. The highest BCUT2D eigenvalue weighted by Gasteiger charge is 2.23. The van der Waals surface area contributed by atoms with Gasteiger partial charge in [0.25, 0.3) is 10.1 Å². The Labute approximate surface area is 369 Å². The number of hydrogen-bond acceptors (Lipinski definition) is 6. The Morgan fingerprint density at radius 1 is 0.433 bits per heavy atom. The van der Waals surface area contributed by atoms with Crippen molar-refractivity contribution in [1.82, 2.24) is 0 Å². The van der Waals surface area contributed by atoms with Gasteiger partial charge in [-0.1, -0.05) is 205 Å². The maximum absolute atomic E-state index is 13.0. The predicted octanol–water partition coefficient (Wildman–Crippen LogP) is 16.4. The predicted molar refractivity (Wildman–Crippen MR) is 253 cm³/mol. The van der Waals surface area contributed by atoms with E-state index in [1.54, 1.807) is 0 Å². The summed E-state index contributed by atoms with van der Waals surface area (Å²) in [5.41, 5.74) is -0.266. The lowest BCUT2D eigenvalue weighted by Crippen LogP contribution is -2.16. The van der Waals surface area contributed by atoms with Crippen molar-refractivity contribution in [3.05, 3.63) is 53.6 Å². The van der Waals surface area contributed by atoms with Gasteiger partial charge in [0, 0.05) is 0 Å². The van der Waals surface area contributed by atoms with Crippen molar-refractivity contribution < 1.29 is 32.0 Å². The summed E-state index contributed by atoms with van der Waals surface area (Å²) in [6, 6.07) is 3.32. The van der Waals surface area contributed by atoms with Crippen molar-refractivity contribution >= 4 is 22.1 Å². The van der Waals surface area contributed by atoms with Gasteiger partial charge >= 0.3 is 11.9 Å². The van der Waals surface area contributed by atoms with E-state index in [0.717, 1.165) is 50.7 Å². The lowest BCUT2D eigenvalue weighted by molar-refractivity contribution is 0.0450. The Kier molecular flexibility index (Phi) is 37.6. The van der Waals surface area contributed by atoms with E-state index in [0.29, 0.717) is 6.42 Å². The molecule has 0 radical (unpaired) electrons. The van der Waals surface area contributed by atoms with Crippen LogP contribution in [0.3, 0.4) is 0 Å². The number of unbranched alkanes of at least 4 members (excludes halogenated alkanes) is 32. The molecule has 1 aromatic carbocycles. The molecule has 8 heteroatoms. The van der Waals surface area contributed by atoms with Crippen LogP contribution in [-0.2, 0) is 19.6 Å². The maximum Gasteiger partial charge on any atom is 0.339 e. The Hall–Kier alpha value is -2.45. The van der Waals surface area contributed by atoms with Crippen LogP contribution in [0.4, 0.5) is 0 Å². The molecule has 7 nitrogen and oxygen atoms in total. The normalized spacial score (nSPS) is 11.9. The zero-order valence-electron chi connectivity index (χ0n) is 38.7. The molecule has 0 spiro atoms. The Bertz CT molecular complexity index is 1340. The van der Waals surface area contributed by atoms with Crippen molar-refractivity contribution in [3.63, 3.8) is 0 Å². The number of carbonyl (C=O) groups excluding carboxylic acids is 2. The van der Waals surface area contributed by atoms with Gasteiger partial charge in [-0.3, -0.25) is 4.55 Å². The van der Waals surface area contributed by atoms with Gasteiger partial charge in [0.1, 0.15) is 0 Å². The number of hydrogen-bond donors (Lipinski definition) is 1. The lowest BCUT2D eigenvalue weighted by Gasteiger charge is -2.11. The third kappa shape index (κ3) is 33.2. The van der Waals surface area contributed by atoms with Gasteiger partial charge in [0.05, 0.1) is 29.2 Å². The summed E-state index contributed by atoms with van der Waals surface area (Å²) in [5, 5.41) is 0. The Balaban J connectivity index is 2.14. The molecule has 0 aliphatic heterocycles. The van der Waals surface area contributed by atoms with Crippen LogP contribution in [0.2, 0.25) is 0 Å². The summed E-state index contributed by atoms with van der Waals surface area (Å²) >= 11 is 0. The smallest absolute Gasteiger partial charge is 0.339 e. The number of ether oxygens (including phenoxy) is 2. The van der Waals surface area contributed by atoms with E-state index in [1.165, 1.54) is 192 Å². The first-order chi connectivity index (χ1) is 29.3. The molecule has 0 atom stereocenters. The van der Waals surface area contributed by atoms with Crippen molar-refractivity contribution in [2.24, 2.45) is 0 Å². The van der Waals surface area contributed by atoms with E-state index >= 15 is 0 Å². The van der Waals surface area contributed by atoms with Crippen LogP contribution in [0.5, 0.6) is 0 Å². The fourth-order valence-electron chi connectivity index (χ4n) is 7.63. The maximum atomic E-state index is 13.0. The van der Waals surface area contributed by atoms with Crippen LogP contribution in [0.1, 0.15) is 266 Å².